The van der Waals surface area contributed by atoms with E-state index in [2.05, 4.69) is 28.3 Å². The average Bonchev–Trinajstić information content (AvgIpc) is 2.85. The van der Waals surface area contributed by atoms with E-state index in [0.717, 1.165) is 26.1 Å². The van der Waals surface area contributed by atoms with E-state index in [-0.39, 0.29) is 6.04 Å². The minimum Gasteiger partial charge on any atom is -0.333 e. The van der Waals surface area contributed by atoms with Gasteiger partial charge in [0.25, 0.3) is 0 Å². The predicted octanol–water partition coefficient (Wildman–Crippen LogP) is 1.39. The summed E-state index contributed by atoms with van der Waals surface area (Å²) in [5.41, 5.74) is 7.51. The zero-order valence-electron chi connectivity index (χ0n) is 10.3. The van der Waals surface area contributed by atoms with Gasteiger partial charge in [0.2, 0.25) is 0 Å². The fourth-order valence-corrected chi connectivity index (χ4v) is 2.67. The average molecular weight is 222 g/mol. The topological polar surface area (TPSA) is 47.1 Å². The Morgan fingerprint density at radius 2 is 2.31 bits per heavy atom. The maximum atomic E-state index is 6.23. The Morgan fingerprint density at radius 1 is 1.50 bits per heavy atom. The van der Waals surface area contributed by atoms with Crippen LogP contribution in [0.3, 0.4) is 0 Å². The third-order valence-corrected chi connectivity index (χ3v) is 3.45. The third kappa shape index (κ3) is 1.99. The van der Waals surface area contributed by atoms with Gasteiger partial charge >= 0.3 is 0 Å². The summed E-state index contributed by atoms with van der Waals surface area (Å²) in [6, 6.07) is 0.621. The number of hydrogen-bond acceptors (Lipinski definition) is 3. The van der Waals surface area contributed by atoms with Crippen molar-refractivity contribution in [3.05, 3.63) is 18.2 Å². The van der Waals surface area contributed by atoms with E-state index in [0.29, 0.717) is 6.04 Å². The second-order valence-corrected chi connectivity index (χ2v) is 4.54. The minimum atomic E-state index is 0.258. The van der Waals surface area contributed by atoms with Crippen molar-refractivity contribution in [3.8, 4) is 0 Å². The zero-order chi connectivity index (χ0) is 11.5. The van der Waals surface area contributed by atoms with Crippen molar-refractivity contribution in [3.63, 3.8) is 0 Å². The zero-order valence-corrected chi connectivity index (χ0v) is 10.3. The second-order valence-electron chi connectivity index (χ2n) is 4.54. The van der Waals surface area contributed by atoms with E-state index >= 15 is 0 Å². The van der Waals surface area contributed by atoms with Crippen molar-refractivity contribution in [1.29, 1.82) is 0 Å². The van der Waals surface area contributed by atoms with Crippen molar-refractivity contribution in [2.75, 3.05) is 13.1 Å². The highest BCUT2D eigenvalue weighted by Gasteiger charge is 2.34. The molecular formula is C12H22N4. The second kappa shape index (κ2) is 4.97. The number of aromatic nitrogens is 2. The number of rotatable bonds is 4. The van der Waals surface area contributed by atoms with Gasteiger partial charge in [-0.1, -0.05) is 6.92 Å². The summed E-state index contributed by atoms with van der Waals surface area (Å²) in [6.07, 6.45) is 6.16. The molecule has 1 saturated heterocycles. The van der Waals surface area contributed by atoms with Crippen LogP contribution in [0.4, 0.5) is 0 Å². The minimum absolute atomic E-state index is 0.258. The molecule has 4 nitrogen and oxygen atoms in total. The van der Waals surface area contributed by atoms with E-state index < -0.39 is 0 Å². The third-order valence-electron chi connectivity index (χ3n) is 3.45. The van der Waals surface area contributed by atoms with E-state index in [1.54, 1.807) is 0 Å². The summed E-state index contributed by atoms with van der Waals surface area (Å²) < 4.78 is 2.21. The molecule has 4 heteroatoms. The first kappa shape index (κ1) is 11.6. The highest BCUT2D eigenvalue weighted by Crippen LogP contribution is 2.30. The van der Waals surface area contributed by atoms with Gasteiger partial charge in [-0.2, -0.15) is 0 Å². The molecule has 1 aliphatic rings. The number of nitrogens with zero attached hydrogens (tertiary/aromatic N) is 3. The molecule has 2 atom stereocenters. The molecule has 16 heavy (non-hydrogen) atoms. The smallest absolute Gasteiger partial charge is 0.0948 e. The van der Waals surface area contributed by atoms with Crippen LogP contribution in [0.15, 0.2) is 12.5 Å². The molecule has 2 rings (SSSR count). The SMILES string of the molecule is CCCN1CCC(N)C1c1cncn1CC. The molecule has 0 aromatic carbocycles. The quantitative estimate of drug-likeness (QED) is 0.837. The summed E-state index contributed by atoms with van der Waals surface area (Å²) in [5.74, 6) is 0. The van der Waals surface area contributed by atoms with Crippen LogP contribution >= 0.6 is 0 Å². The largest absolute Gasteiger partial charge is 0.333 e. The van der Waals surface area contributed by atoms with Crippen molar-refractivity contribution < 1.29 is 0 Å². The van der Waals surface area contributed by atoms with Gasteiger partial charge in [-0.25, -0.2) is 4.98 Å². The molecule has 1 aromatic heterocycles. The lowest BCUT2D eigenvalue weighted by molar-refractivity contribution is 0.239. The van der Waals surface area contributed by atoms with Crippen LogP contribution in [0.2, 0.25) is 0 Å². The lowest BCUT2D eigenvalue weighted by Gasteiger charge is -2.26. The number of aryl methyl sites for hydroxylation is 1. The van der Waals surface area contributed by atoms with Crippen molar-refractivity contribution in [2.24, 2.45) is 5.73 Å². The van der Waals surface area contributed by atoms with Crippen molar-refractivity contribution in [1.82, 2.24) is 14.5 Å². The summed E-state index contributed by atoms with van der Waals surface area (Å²) in [5, 5.41) is 0. The molecular weight excluding hydrogens is 200 g/mol. The first-order chi connectivity index (χ1) is 7.77. The Hall–Kier alpha value is -0.870. The van der Waals surface area contributed by atoms with Gasteiger partial charge in [-0.05, 0) is 26.3 Å². The molecule has 0 saturated carbocycles. The lowest BCUT2D eigenvalue weighted by atomic mass is 10.1. The maximum absolute atomic E-state index is 6.23. The molecule has 2 unspecified atom stereocenters. The first-order valence-corrected chi connectivity index (χ1v) is 6.27. The Balaban J connectivity index is 2.22. The summed E-state index contributed by atoms with van der Waals surface area (Å²) in [4.78, 5) is 6.74. The summed E-state index contributed by atoms with van der Waals surface area (Å²) in [6.45, 7) is 7.59. The van der Waals surface area contributed by atoms with Crippen molar-refractivity contribution >= 4 is 0 Å². The molecule has 1 aliphatic heterocycles. The van der Waals surface area contributed by atoms with Gasteiger partial charge in [0.05, 0.1) is 18.1 Å². The van der Waals surface area contributed by atoms with E-state index in [9.17, 15) is 0 Å². The number of hydrogen-bond donors (Lipinski definition) is 1. The molecule has 90 valence electrons. The van der Waals surface area contributed by atoms with E-state index in [1.807, 2.05) is 12.5 Å². The number of likely N-dealkylation sites (tertiary alicyclic amines) is 1. The van der Waals surface area contributed by atoms with Gasteiger partial charge < -0.3 is 10.3 Å². The maximum Gasteiger partial charge on any atom is 0.0948 e. The number of imidazole rings is 1. The van der Waals surface area contributed by atoms with Crippen LogP contribution in [0.1, 0.15) is 38.4 Å². The van der Waals surface area contributed by atoms with E-state index in [1.165, 1.54) is 12.1 Å². The molecule has 2 N–H and O–H groups in total. The number of nitrogens with two attached hydrogens (primary N) is 1. The Bertz CT molecular complexity index is 332. The molecule has 1 fully saturated rings. The molecule has 1 aromatic rings. The van der Waals surface area contributed by atoms with Gasteiger partial charge in [0, 0.05) is 25.3 Å². The summed E-state index contributed by atoms with van der Waals surface area (Å²) in [7, 11) is 0. The van der Waals surface area contributed by atoms with Crippen LogP contribution in [0.25, 0.3) is 0 Å². The molecule has 0 bridgehead atoms. The first-order valence-electron chi connectivity index (χ1n) is 6.27. The van der Waals surface area contributed by atoms with E-state index in [4.69, 9.17) is 5.73 Å². The highest BCUT2D eigenvalue weighted by molar-refractivity contribution is 5.11. The van der Waals surface area contributed by atoms with Gasteiger partial charge in [0.15, 0.2) is 0 Å². The van der Waals surface area contributed by atoms with Gasteiger partial charge in [0.1, 0.15) is 0 Å². The van der Waals surface area contributed by atoms with Crippen LogP contribution in [0, 0.1) is 0 Å². The fraction of sp³-hybridized carbons (Fsp3) is 0.750. The fourth-order valence-electron chi connectivity index (χ4n) is 2.67. The standard InChI is InChI=1S/C12H22N4/c1-3-6-16-7-5-10(13)12(16)11-8-14-9-15(11)4-2/h8-10,12H,3-7,13H2,1-2H3. The van der Waals surface area contributed by atoms with Crippen LogP contribution in [-0.2, 0) is 6.54 Å². The van der Waals surface area contributed by atoms with Gasteiger partial charge in [-0.15, -0.1) is 0 Å². The molecule has 0 amide bonds. The highest BCUT2D eigenvalue weighted by atomic mass is 15.2. The van der Waals surface area contributed by atoms with Gasteiger partial charge in [-0.3, -0.25) is 4.90 Å². The summed E-state index contributed by atoms with van der Waals surface area (Å²) >= 11 is 0. The Kier molecular flexibility index (Phi) is 3.61. The molecule has 0 radical (unpaired) electrons. The Labute approximate surface area is 97.4 Å². The Morgan fingerprint density at radius 3 is 3.00 bits per heavy atom. The normalized spacial score (nSPS) is 26.4. The monoisotopic (exact) mass is 222 g/mol. The lowest BCUT2D eigenvalue weighted by Crippen LogP contribution is -2.33. The molecule has 0 spiro atoms. The molecule has 2 heterocycles. The van der Waals surface area contributed by atoms with Crippen LogP contribution in [-0.4, -0.2) is 33.6 Å². The predicted molar refractivity (Wildman–Crippen MR) is 65.1 cm³/mol. The van der Waals surface area contributed by atoms with Crippen LogP contribution in [0.5, 0.6) is 0 Å². The van der Waals surface area contributed by atoms with Crippen molar-refractivity contribution in [2.45, 2.75) is 45.3 Å². The van der Waals surface area contributed by atoms with Crippen LogP contribution < -0.4 is 5.73 Å². The molecule has 0 aliphatic carbocycles.